The zero-order valence-corrected chi connectivity index (χ0v) is 25.7. The van der Waals surface area contributed by atoms with Crippen molar-refractivity contribution in [3.8, 4) is 22.5 Å². The normalized spacial score (nSPS) is 12.0. The van der Waals surface area contributed by atoms with Crippen molar-refractivity contribution in [3.05, 3.63) is 143 Å². The number of hydrogen-bond acceptors (Lipinski definition) is 4. The van der Waals surface area contributed by atoms with E-state index in [-0.39, 0.29) is 11.9 Å². The molecule has 10 heteroatoms. The molecule has 3 aromatic carbocycles. The molecule has 4 heterocycles. The molecular formula is C35H27Cl2N7O. The van der Waals surface area contributed by atoms with Crippen molar-refractivity contribution < 1.29 is 4.79 Å². The number of H-pyrrole nitrogens is 1. The summed E-state index contributed by atoms with van der Waals surface area (Å²) >= 11 is 12.7. The largest absolute Gasteiger partial charge is 0.350 e. The Labute approximate surface area is 269 Å². The van der Waals surface area contributed by atoms with Gasteiger partial charge in [0.1, 0.15) is 11.5 Å². The number of carbonyl (C=O) groups excluding carboxylic acids is 1. The molecule has 45 heavy (non-hydrogen) atoms. The summed E-state index contributed by atoms with van der Waals surface area (Å²) in [5.41, 5.74) is 6.17. The summed E-state index contributed by atoms with van der Waals surface area (Å²) in [4.78, 5) is 26.9. The number of fused-ring (bicyclic) bond motifs is 1. The van der Waals surface area contributed by atoms with Gasteiger partial charge in [0.2, 0.25) is 0 Å². The van der Waals surface area contributed by atoms with E-state index in [1.807, 2.05) is 97.3 Å². The third kappa shape index (κ3) is 5.61. The fourth-order valence-electron chi connectivity index (χ4n) is 5.59. The lowest BCUT2D eigenvalue weighted by Gasteiger charge is -2.19. The first-order valence-corrected chi connectivity index (χ1v) is 15.1. The lowest BCUT2D eigenvalue weighted by atomic mass is 9.99. The molecule has 1 atom stereocenters. The van der Waals surface area contributed by atoms with Crippen molar-refractivity contribution in [1.29, 1.82) is 0 Å². The van der Waals surface area contributed by atoms with Crippen LogP contribution < -0.4 is 5.32 Å². The van der Waals surface area contributed by atoms with Gasteiger partial charge in [-0.2, -0.15) is 5.10 Å². The van der Waals surface area contributed by atoms with Gasteiger partial charge in [-0.05, 0) is 48.9 Å². The number of nitrogens with zero attached hydrogens (tertiary/aromatic N) is 5. The maximum absolute atomic E-state index is 14.2. The topological polar surface area (TPSA) is 93.4 Å². The van der Waals surface area contributed by atoms with Crippen LogP contribution in [0.15, 0.2) is 116 Å². The number of halogens is 2. The van der Waals surface area contributed by atoms with Crippen molar-refractivity contribution in [1.82, 2.24) is 29.3 Å². The molecule has 1 amide bonds. The van der Waals surface area contributed by atoms with Gasteiger partial charge in [-0.3, -0.25) is 9.78 Å². The summed E-state index contributed by atoms with van der Waals surface area (Å²) < 4.78 is 3.81. The van der Waals surface area contributed by atoms with Crippen molar-refractivity contribution in [3.63, 3.8) is 0 Å². The highest BCUT2D eigenvalue weighted by Gasteiger charge is 2.28. The van der Waals surface area contributed by atoms with Crippen LogP contribution in [0.1, 0.15) is 34.7 Å². The molecular weight excluding hydrogens is 605 g/mol. The van der Waals surface area contributed by atoms with Crippen LogP contribution in [0, 0.1) is 0 Å². The number of aromatic nitrogens is 6. The molecule has 222 valence electrons. The second kappa shape index (κ2) is 12.1. The molecule has 7 aromatic rings. The van der Waals surface area contributed by atoms with Crippen molar-refractivity contribution in [2.45, 2.75) is 19.5 Å². The first-order valence-electron chi connectivity index (χ1n) is 14.4. The molecule has 0 aliphatic rings. The fourth-order valence-corrected chi connectivity index (χ4v) is 5.88. The highest BCUT2D eigenvalue weighted by atomic mass is 35.5. The summed E-state index contributed by atoms with van der Waals surface area (Å²) in [6.45, 7) is 2.51. The Morgan fingerprint density at radius 1 is 0.889 bits per heavy atom. The number of imidazole rings is 1. The summed E-state index contributed by atoms with van der Waals surface area (Å²) in [7, 11) is 0. The van der Waals surface area contributed by atoms with Gasteiger partial charge in [-0.25, -0.2) is 9.67 Å². The predicted molar refractivity (Wildman–Crippen MR) is 179 cm³/mol. The number of hydrogen-bond donors (Lipinski definition) is 2. The average molecular weight is 633 g/mol. The molecule has 0 aliphatic heterocycles. The zero-order valence-electron chi connectivity index (χ0n) is 24.2. The van der Waals surface area contributed by atoms with E-state index >= 15 is 0 Å². The molecule has 0 fully saturated rings. The number of pyridine rings is 1. The molecule has 2 N–H and O–H groups in total. The Bertz CT molecular complexity index is 2120. The zero-order chi connectivity index (χ0) is 30.9. The number of rotatable bonds is 8. The van der Waals surface area contributed by atoms with Crippen molar-refractivity contribution in [2.75, 3.05) is 5.32 Å². The molecule has 0 spiro atoms. The van der Waals surface area contributed by atoms with Gasteiger partial charge in [0.05, 0.1) is 42.2 Å². The molecule has 1 unspecified atom stereocenters. The molecule has 4 aromatic heterocycles. The van der Waals surface area contributed by atoms with Crippen LogP contribution in [0.3, 0.4) is 0 Å². The molecule has 8 nitrogen and oxygen atoms in total. The lowest BCUT2D eigenvalue weighted by molar-refractivity contribution is 0.102. The van der Waals surface area contributed by atoms with Crippen LogP contribution in [-0.4, -0.2) is 35.2 Å². The molecule has 0 saturated carbocycles. The lowest BCUT2D eigenvalue weighted by Crippen LogP contribution is -2.18. The van der Waals surface area contributed by atoms with Crippen LogP contribution in [0.4, 0.5) is 5.82 Å². The Hall–Kier alpha value is -5.18. The second-order valence-corrected chi connectivity index (χ2v) is 11.5. The first-order chi connectivity index (χ1) is 22.0. The standard InChI is InChI=1S/C35H27Cl2N7O/c1-22(23-10-12-25(36)13-11-23)43-21-39-32(24-7-3-2-4-8-24)34(43)31-28-15-14-26(37)19-29(28)41-33(31)35(45)42-30-16-18-40-44(30)20-27-9-5-6-17-38-27/h2-19,21-22,41H,20H2,1H3,(H,42,45). The summed E-state index contributed by atoms with van der Waals surface area (Å²) in [6.07, 6.45) is 5.22. The van der Waals surface area contributed by atoms with Gasteiger partial charge in [0.15, 0.2) is 0 Å². The monoisotopic (exact) mass is 631 g/mol. The maximum Gasteiger partial charge on any atom is 0.273 e. The highest BCUT2D eigenvalue weighted by Crippen LogP contribution is 2.41. The number of aromatic amines is 1. The third-order valence-electron chi connectivity index (χ3n) is 7.83. The number of carbonyl (C=O) groups is 1. The van der Waals surface area contributed by atoms with Crippen LogP contribution in [-0.2, 0) is 6.54 Å². The van der Waals surface area contributed by atoms with Crippen LogP contribution in [0.25, 0.3) is 33.4 Å². The minimum Gasteiger partial charge on any atom is -0.350 e. The summed E-state index contributed by atoms with van der Waals surface area (Å²) in [5.74, 6) is 0.214. The van der Waals surface area contributed by atoms with Crippen molar-refractivity contribution >= 4 is 45.8 Å². The van der Waals surface area contributed by atoms with E-state index in [4.69, 9.17) is 28.2 Å². The SMILES string of the molecule is CC(c1ccc(Cl)cc1)n1cnc(-c2ccccc2)c1-c1c(C(=O)Nc2ccnn2Cc2ccccn2)[nH]c2cc(Cl)ccc12. The highest BCUT2D eigenvalue weighted by molar-refractivity contribution is 6.31. The van der Waals surface area contributed by atoms with Gasteiger partial charge in [-0.1, -0.05) is 77.8 Å². The number of anilines is 1. The van der Waals surface area contributed by atoms with Crippen molar-refractivity contribution in [2.24, 2.45) is 0 Å². The Balaban J connectivity index is 1.38. The van der Waals surface area contributed by atoms with Crippen LogP contribution >= 0.6 is 23.2 Å². The van der Waals surface area contributed by atoms with E-state index in [0.29, 0.717) is 33.7 Å². The van der Waals surface area contributed by atoms with E-state index in [2.05, 4.69) is 31.9 Å². The van der Waals surface area contributed by atoms with Gasteiger partial charge in [0.25, 0.3) is 5.91 Å². The van der Waals surface area contributed by atoms with Gasteiger partial charge < -0.3 is 14.9 Å². The minimum atomic E-state index is -0.328. The smallest absolute Gasteiger partial charge is 0.273 e. The van der Waals surface area contributed by atoms with E-state index in [1.165, 1.54) is 0 Å². The quantitative estimate of drug-likeness (QED) is 0.176. The predicted octanol–water partition coefficient (Wildman–Crippen LogP) is 8.51. The number of nitrogens with one attached hydrogen (secondary N) is 2. The number of benzene rings is 3. The molecule has 0 radical (unpaired) electrons. The fraction of sp³-hybridized carbons (Fsp3) is 0.0857. The Morgan fingerprint density at radius 3 is 2.44 bits per heavy atom. The summed E-state index contributed by atoms with van der Waals surface area (Å²) in [6, 6.07) is 30.7. The maximum atomic E-state index is 14.2. The average Bonchev–Trinajstić information content (AvgIpc) is 3.78. The van der Waals surface area contributed by atoms with Crippen LogP contribution in [0.2, 0.25) is 10.0 Å². The second-order valence-electron chi connectivity index (χ2n) is 10.7. The van der Waals surface area contributed by atoms with E-state index in [0.717, 1.165) is 39.1 Å². The van der Waals surface area contributed by atoms with E-state index in [1.54, 1.807) is 23.1 Å². The number of amides is 1. The molecule has 0 bridgehead atoms. The molecule has 0 aliphatic carbocycles. The summed E-state index contributed by atoms with van der Waals surface area (Å²) in [5, 5.41) is 9.56. The molecule has 7 rings (SSSR count). The van der Waals surface area contributed by atoms with Gasteiger partial charge in [-0.15, -0.1) is 0 Å². The molecule has 0 saturated heterocycles. The Morgan fingerprint density at radius 2 is 1.67 bits per heavy atom. The van der Waals surface area contributed by atoms with E-state index in [9.17, 15) is 4.79 Å². The van der Waals surface area contributed by atoms with Gasteiger partial charge >= 0.3 is 0 Å². The minimum absolute atomic E-state index is 0.129. The van der Waals surface area contributed by atoms with Crippen LogP contribution in [0.5, 0.6) is 0 Å². The Kier molecular flexibility index (Phi) is 7.67. The third-order valence-corrected chi connectivity index (χ3v) is 8.32. The van der Waals surface area contributed by atoms with E-state index < -0.39 is 0 Å². The van der Waals surface area contributed by atoms with Gasteiger partial charge in [0, 0.05) is 44.3 Å². The first kappa shape index (κ1) is 28.6.